The number of ketones is 1. The van der Waals surface area contributed by atoms with Crippen LogP contribution in [-0.2, 0) is 0 Å². The van der Waals surface area contributed by atoms with E-state index in [-0.39, 0.29) is 20.7 Å². The number of guanidine groups is 1. The first-order chi connectivity index (χ1) is 15.6. The van der Waals surface area contributed by atoms with E-state index in [0.29, 0.717) is 9.80 Å². The molecule has 0 radical (unpaired) electrons. The average molecular weight is 506 g/mol. The molecule has 0 saturated heterocycles. The Morgan fingerprint density at radius 3 is 2.80 bits per heavy atom. The minimum Gasteiger partial charge on any atom is -0.307 e. The van der Waals surface area contributed by atoms with Gasteiger partial charge < -0.3 is 9.80 Å². The zero-order chi connectivity index (χ0) is 25.4. The molecule has 154 valence electrons. The Balaban J connectivity index is 2.02. The van der Waals surface area contributed by atoms with Crippen molar-refractivity contribution in [2.24, 2.45) is 4.99 Å². The van der Waals surface area contributed by atoms with Crippen molar-refractivity contribution in [1.29, 1.82) is 5.26 Å². The molecule has 5 nitrogen and oxygen atoms in total. The Hall–Kier alpha value is -2.64. The van der Waals surface area contributed by atoms with Crippen LogP contribution in [0.2, 0.25) is 5.02 Å². The molecule has 30 heavy (non-hydrogen) atoms. The van der Waals surface area contributed by atoms with Crippen LogP contribution in [0.5, 0.6) is 0 Å². The van der Waals surface area contributed by atoms with E-state index in [9.17, 15) is 27.6 Å². The summed E-state index contributed by atoms with van der Waals surface area (Å²) in [5.74, 6) is -2.47. The number of carbonyl (C=O) groups is 1. The monoisotopic (exact) mass is 504 g/mol. The van der Waals surface area contributed by atoms with Gasteiger partial charge >= 0.3 is 6.18 Å². The standard InChI is InChI=1S/C19H10BrClF4N4O/c20-12-6-14-16(28-4-3-27-18(28)29(14)8-19(23,24)25)11(7-26)15(12)17(30)10-5-9(22)1-2-13(10)21/h1-2,5-6H,3-4,8H2/i3D2,4D2. The molecule has 0 fully saturated rings. The van der Waals surface area contributed by atoms with Crippen molar-refractivity contribution < 1.29 is 27.8 Å². The second kappa shape index (κ2) is 7.25. The van der Waals surface area contributed by atoms with Crippen molar-refractivity contribution >= 4 is 50.6 Å². The molecule has 0 atom stereocenters. The number of benzene rings is 2. The lowest BCUT2D eigenvalue weighted by Gasteiger charge is -2.21. The van der Waals surface area contributed by atoms with Crippen LogP contribution in [0.25, 0.3) is 0 Å². The fourth-order valence-corrected chi connectivity index (χ4v) is 4.00. The summed E-state index contributed by atoms with van der Waals surface area (Å²) < 4.78 is 85.9. The first kappa shape index (κ1) is 16.1. The van der Waals surface area contributed by atoms with Gasteiger partial charge in [0.1, 0.15) is 18.4 Å². The fourth-order valence-electron chi connectivity index (χ4n) is 3.20. The number of alkyl halides is 3. The van der Waals surface area contributed by atoms with Crippen LogP contribution in [0.3, 0.4) is 0 Å². The summed E-state index contributed by atoms with van der Waals surface area (Å²) in [6.07, 6.45) is -4.80. The van der Waals surface area contributed by atoms with Gasteiger partial charge in [0.2, 0.25) is 5.96 Å². The van der Waals surface area contributed by atoms with Crippen molar-refractivity contribution in [3.8, 4) is 6.07 Å². The third-order valence-corrected chi connectivity index (χ3v) is 5.31. The minimum atomic E-state index is -4.80. The zero-order valence-electron chi connectivity index (χ0n) is 18.5. The third-order valence-electron chi connectivity index (χ3n) is 4.35. The van der Waals surface area contributed by atoms with E-state index in [2.05, 4.69) is 20.9 Å². The Morgan fingerprint density at radius 2 is 2.13 bits per heavy atom. The lowest BCUT2D eigenvalue weighted by Crippen LogP contribution is -2.41. The molecule has 0 bridgehead atoms. The third kappa shape index (κ3) is 3.32. The fraction of sp³-hybridized carbons (Fsp3) is 0.211. The molecule has 2 heterocycles. The van der Waals surface area contributed by atoms with Crippen LogP contribution in [0, 0.1) is 17.1 Å². The smallest absolute Gasteiger partial charge is 0.307 e. The molecule has 11 heteroatoms. The quantitative estimate of drug-likeness (QED) is 0.440. The molecular formula is C19H10BrClF4N4O. The maximum absolute atomic E-state index is 13.8. The minimum absolute atomic E-state index is 0.134. The van der Waals surface area contributed by atoms with Crippen LogP contribution in [0.1, 0.15) is 27.0 Å². The number of halogens is 6. The van der Waals surface area contributed by atoms with E-state index >= 15 is 0 Å². The highest BCUT2D eigenvalue weighted by Gasteiger charge is 2.44. The Morgan fingerprint density at radius 1 is 1.40 bits per heavy atom. The number of carbonyl (C=O) groups excluding carboxylic acids is 1. The van der Waals surface area contributed by atoms with Crippen LogP contribution in [-0.4, -0.2) is 37.5 Å². The largest absolute Gasteiger partial charge is 0.406 e. The molecule has 2 aliphatic heterocycles. The molecule has 0 N–H and O–H groups in total. The normalized spacial score (nSPS) is 20.4. The van der Waals surface area contributed by atoms with Gasteiger partial charge in [-0.2, -0.15) is 18.4 Å². The topological polar surface area (TPSA) is 59.7 Å². The molecule has 0 aromatic heterocycles. The van der Waals surface area contributed by atoms with E-state index in [0.717, 1.165) is 24.3 Å². The maximum atomic E-state index is 13.8. The Labute approximate surface area is 186 Å². The Bertz CT molecular complexity index is 1330. The SMILES string of the molecule is [2H]C1([2H])N=C2N(CC(F)(F)F)c3cc(Br)c(C(=O)c4cc(F)ccc4Cl)c(C#N)c3N2C1([2H])[2H]. The molecule has 0 spiro atoms. The first-order valence-electron chi connectivity index (χ1n) is 10.1. The van der Waals surface area contributed by atoms with E-state index in [4.69, 9.17) is 17.1 Å². The van der Waals surface area contributed by atoms with E-state index in [1.807, 2.05) is 0 Å². The van der Waals surface area contributed by atoms with Crippen molar-refractivity contribution in [2.75, 3.05) is 29.3 Å². The molecule has 0 aliphatic carbocycles. The number of aliphatic imine (C=N–C) groups is 1. The van der Waals surface area contributed by atoms with Crippen molar-refractivity contribution in [3.05, 3.63) is 56.3 Å². The molecule has 0 saturated carbocycles. The summed E-state index contributed by atoms with van der Waals surface area (Å²) in [4.78, 5) is 17.8. The predicted octanol–water partition coefficient (Wildman–Crippen LogP) is 4.90. The van der Waals surface area contributed by atoms with Gasteiger partial charge in [0.05, 0.1) is 39.5 Å². The summed E-state index contributed by atoms with van der Waals surface area (Å²) >= 11 is 9.09. The van der Waals surface area contributed by atoms with Crippen LogP contribution in [0.4, 0.5) is 28.9 Å². The van der Waals surface area contributed by atoms with Gasteiger partial charge in [-0.15, -0.1) is 0 Å². The average Bonchev–Trinajstić information content (AvgIpc) is 3.09. The van der Waals surface area contributed by atoms with Gasteiger partial charge in [0, 0.05) is 16.5 Å². The maximum Gasteiger partial charge on any atom is 0.406 e. The first-order valence-corrected chi connectivity index (χ1v) is 9.28. The van der Waals surface area contributed by atoms with Gasteiger partial charge in [-0.3, -0.25) is 9.79 Å². The van der Waals surface area contributed by atoms with Gasteiger partial charge in [0.25, 0.3) is 0 Å². The summed E-state index contributed by atoms with van der Waals surface area (Å²) in [5, 5.41) is 9.76. The second-order valence-corrected chi connectivity index (χ2v) is 7.47. The number of nitrogens with zero attached hydrogens (tertiary/aromatic N) is 4. The summed E-state index contributed by atoms with van der Waals surface area (Å²) in [6, 6.07) is 5.70. The van der Waals surface area contributed by atoms with Gasteiger partial charge in [0.15, 0.2) is 5.78 Å². The van der Waals surface area contributed by atoms with Crippen LogP contribution in [0.15, 0.2) is 33.7 Å². The molecule has 0 unspecified atom stereocenters. The number of hydrogen-bond acceptors (Lipinski definition) is 5. The Kier molecular flexibility index (Phi) is 3.89. The summed E-state index contributed by atoms with van der Waals surface area (Å²) in [5.41, 5.74) is -2.10. The molecule has 0 amide bonds. The van der Waals surface area contributed by atoms with Gasteiger partial charge in [-0.1, -0.05) is 11.6 Å². The van der Waals surface area contributed by atoms with Crippen LogP contribution < -0.4 is 9.80 Å². The number of hydrogen-bond donors (Lipinski definition) is 0. The molecule has 2 aliphatic rings. The molecular weight excluding hydrogens is 492 g/mol. The highest BCUT2D eigenvalue weighted by molar-refractivity contribution is 9.10. The molecule has 2 aromatic carbocycles. The lowest BCUT2D eigenvalue weighted by atomic mass is 9.96. The van der Waals surface area contributed by atoms with Crippen molar-refractivity contribution in [1.82, 2.24) is 0 Å². The van der Waals surface area contributed by atoms with Crippen LogP contribution >= 0.6 is 27.5 Å². The van der Waals surface area contributed by atoms with Crippen molar-refractivity contribution in [3.63, 3.8) is 0 Å². The summed E-state index contributed by atoms with van der Waals surface area (Å²) in [7, 11) is 0. The number of nitriles is 1. The van der Waals surface area contributed by atoms with Gasteiger partial charge in [-0.25, -0.2) is 4.39 Å². The number of fused-ring (bicyclic) bond motifs is 3. The number of rotatable bonds is 3. The molecule has 4 rings (SSSR count). The number of anilines is 2. The highest BCUT2D eigenvalue weighted by Crippen LogP contribution is 2.46. The van der Waals surface area contributed by atoms with Gasteiger partial charge in [-0.05, 0) is 40.2 Å². The highest BCUT2D eigenvalue weighted by atomic mass is 79.9. The predicted molar refractivity (Wildman–Crippen MR) is 107 cm³/mol. The molecule has 2 aromatic rings. The second-order valence-electron chi connectivity index (χ2n) is 6.21. The van der Waals surface area contributed by atoms with E-state index < -0.39 is 60.1 Å². The van der Waals surface area contributed by atoms with E-state index in [1.165, 1.54) is 0 Å². The summed E-state index contributed by atoms with van der Waals surface area (Å²) in [6.45, 7) is -7.64. The van der Waals surface area contributed by atoms with E-state index in [1.54, 1.807) is 6.07 Å². The lowest BCUT2D eigenvalue weighted by molar-refractivity contribution is -0.117. The zero-order valence-corrected chi connectivity index (χ0v) is 16.8. The van der Waals surface area contributed by atoms with Crippen molar-refractivity contribution in [2.45, 2.75) is 6.18 Å².